The number of alkyl halides is 18. The lowest BCUT2D eigenvalue weighted by Crippen LogP contribution is -2.75. The minimum Gasteiger partial charge on any atom is -0.240 e. The molecule has 0 aliphatic rings. The van der Waals surface area contributed by atoms with E-state index in [-0.39, 0.29) is 0 Å². The highest BCUT2D eigenvalue weighted by atomic mass is 32.1. The molecule has 0 aromatic rings. The van der Waals surface area contributed by atoms with Crippen molar-refractivity contribution in [1.82, 2.24) is 0 Å². The summed E-state index contributed by atoms with van der Waals surface area (Å²) >= 11 is 2.57. The van der Waals surface area contributed by atoms with Crippen molar-refractivity contribution in [3.63, 3.8) is 0 Å². The second-order valence-electron chi connectivity index (χ2n) is 5.22. The Balaban J connectivity index is 6.73. The van der Waals surface area contributed by atoms with E-state index in [1.165, 1.54) is 0 Å². The molecule has 0 aromatic heterocycles. The zero-order valence-corrected chi connectivity index (χ0v) is 13.4. The molecule has 0 aromatic carbocycles. The monoisotopic (exact) mass is 498 g/mol. The highest BCUT2D eigenvalue weighted by Gasteiger charge is 2.95. The van der Waals surface area contributed by atoms with Crippen molar-refractivity contribution < 1.29 is 79.0 Å². The lowest BCUT2D eigenvalue weighted by atomic mass is 9.88. The summed E-state index contributed by atoms with van der Waals surface area (Å²) in [4.78, 5) is 0. The van der Waals surface area contributed by atoms with Crippen LogP contribution in [0.4, 0.5) is 79.0 Å². The second kappa shape index (κ2) is 7.06. The van der Waals surface area contributed by atoms with Gasteiger partial charge in [-0.05, 0) is 0 Å². The summed E-state index contributed by atoms with van der Waals surface area (Å²) in [7, 11) is 0. The van der Waals surface area contributed by atoms with Gasteiger partial charge in [0.1, 0.15) is 0 Å². The van der Waals surface area contributed by atoms with Crippen molar-refractivity contribution in [2.75, 3.05) is 5.75 Å². The van der Waals surface area contributed by atoms with Crippen LogP contribution < -0.4 is 0 Å². The molecule has 0 bridgehead atoms. The Labute approximate surface area is 152 Å². The van der Waals surface area contributed by atoms with Crippen molar-refractivity contribution in [1.29, 1.82) is 0 Å². The lowest BCUT2D eigenvalue weighted by molar-refractivity contribution is -0.463. The van der Waals surface area contributed by atoms with E-state index in [1.54, 1.807) is 0 Å². The molecule has 0 saturated carbocycles. The van der Waals surface area contributed by atoms with Crippen LogP contribution in [0.15, 0.2) is 0 Å². The van der Waals surface area contributed by atoms with E-state index >= 15 is 0 Å². The first kappa shape index (κ1) is 28.1. The molecule has 0 fully saturated rings. The van der Waals surface area contributed by atoms with Gasteiger partial charge in [0.15, 0.2) is 6.17 Å². The van der Waals surface area contributed by atoms with Crippen LogP contribution in [0, 0.1) is 0 Å². The van der Waals surface area contributed by atoms with E-state index in [9.17, 15) is 79.0 Å². The van der Waals surface area contributed by atoms with Crippen LogP contribution in [0.25, 0.3) is 0 Å². The van der Waals surface area contributed by atoms with Gasteiger partial charge in [-0.25, -0.2) is 4.39 Å². The fourth-order valence-corrected chi connectivity index (χ4v) is 1.72. The van der Waals surface area contributed by atoms with Crippen molar-refractivity contribution in [3.8, 4) is 0 Å². The zero-order chi connectivity index (χ0) is 24.3. The largest absolute Gasteiger partial charge is 0.460 e. The Morgan fingerprint density at radius 2 is 0.690 bits per heavy atom. The molecule has 0 saturated heterocycles. The van der Waals surface area contributed by atoms with Crippen molar-refractivity contribution in [2.45, 2.75) is 53.8 Å². The average molecular weight is 498 g/mol. The van der Waals surface area contributed by atoms with Gasteiger partial charge in [-0.3, -0.25) is 0 Å². The molecule has 1 atom stereocenters. The Bertz CT molecular complexity index is 588. The topological polar surface area (TPSA) is 0 Å². The van der Waals surface area contributed by atoms with Gasteiger partial charge in [-0.1, -0.05) is 0 Å². The summed E-state index contributed by atoms with van der Waals surface area (Å²) in [6, 6.07) is 0. The quantitative estimate of drug-likeness (QED) is 0.297. The molecule has 0 spiro atoms. The minimum absolute atomic E-state index is 2.15. The van der Waals surface area contributed by atoms with Gasteiger partial charge >= 0.3 is 47.6 Å². The summed E-state index contributed by atoms with van der Waals surface area (Å²) in [5.41, 5.74) is 0. The number of halogens is 18. The zero-order valence-electron chi connectivity index (χ0n) is 12.5. The molecule has 29 heavy (non-hydrogen) atoms. The van der Waals surface area contributed by atoms with Crippen LogP contribution in [0.1, 0.15) is 0 Å². The summed E-state index contributed by atoms with van der Waals surface area (Å²) in [5.74, 6) is -59.9. The first-order chi connectivity index (χ1) is 12.2. The second-order valence-corrected chi connectivity index (χ2v) is 5.58. The van der Waals surface area contributed by atoms with Gasteiger partial charge in [0, 0.05) is 5.75 Å². The van der Waals surface area contributed by atoms with Crippen molar-refractivity contribution in [3.05, 3.63) is 0 Å². The lowest BCUT2D eigenvalue weighted by Gasteiger charge is -2.43. The van der Waals surface area contributed by atoms with Gasteiger partial charge in [0.05, 0.1) is 0 Å². The minimum atomic E-state index is -8.71. The van der Waals surface area contributed by atoms with Gasteiger partial charge in [0.25, 0.3) is 0 Å². The molecule has 0 rings (SSSR count). The van der Waals surface area contributed by atoms with Crippen LogP contribution in [0.3, 0.4) is 0 Å². The molecule has 0 nitrogen and oxygen atoms in total. The molecule has 0 amide bonds. The standard InChI is InChI=1S/C10H4F18S/c11-2(1-29)3(12,13)4(14,15)5(16,17)6(18,19)7(20,21)8(22,23)9(24,25)10(26,27)28/h2,29H,1H2. The van der Waals surface area contributed by atoms with Crippen LogP contribution in [-0.2, 0) is 0 Å². The van der Waals surface area contributed by atoms with Gasteiger partial charge in [-0.15, -0.1) is 0 Å². The van der Waals surface area contributed by atoms with Gasteiger partial charge in [0.2, 0.25) is 0 Å². The van der Waals surface area contributed by atoms with Crippen LogP contribution in [0.2, 0.25) is 0 Å². The highest BCUT2D eigenvalue weighted by Crippen LogP contribution is 2.64. The number of thiol groups is 1. The third-order valence-electron chi connectivity index (χ3n) is 3.30. The Morgan fingerprint density at radius 1 is 0.448 bits per heavy atom. The Kier molecular flexibility index (Phi) is 6.84. The van der Waals surface area contributed by atoms with Crippen LogP contribution in [0.5, 0.6) is 0 Å². The van der Waals surface area contributed by atoms with Crippen molar-refractivity contribution in [2.24, 2.45) is 0 Å². The van der Waals surface area contributed by atoms with E-state index in [4.69, 9.17) is 0 Å². The Morgan fingerprint density at radius 3 is 0.931 bits per heavy atom. The molecular weight excluding hydrogens is 494 g/mol. The normalized spacial score (nSPS) is 17.5. The molecule has 176 valence electrons. The van der Waals surface area contributed by atoms with E-state index in [0.29, 0.717) is 0 Å². The summed E-state index contributed by atoms with van der Waals surface area (Å²) in [6.45, 7) is 0. The van der Waals surface area contributed by atoms with Crippen LogP contribution >= 0.6 is 12.6 Å². The van der Waals surface area contributed by atoms with Crippen molar-refractivity contribution >= 4 is 12.6 Å². The molecule has 0 aliphatic heterocycles. The van der Waals surface area contributed by atoms with Gasteiger partial charge < -0.3 is 0 Å². The molecule has 1 unspecified atom stereocenters. The molecule has 0 heterocycles. The SMILES string of the molecule is FC(CS)C(F)(F)C(F)(F)C(F)(F)C(F)(F)C(F)(F)C(F)(F)C(F)(F)C(F)(F)F. The first-order valence-corrected chi connectivity index (χ1v) is 6.83. The van der Waals surface area contributed by atoms with E-state index in [0.717, 1.165) is 0 Å². The fourth-order valence-electron chi connectivity index (χ4n) is 1.49. The van der Waals surface area contributed by atoms with E-state index in [2.05, 4.69) is 12.6 Å². The highest BCUT2D eigenvalue weighted by molar-refractivity contribution is 7.80. The molecule has 19 heteroatoms. The maximum Gasteiger partial charge on any atom is 0.460 e. The average Bonchev–Trinajstić information content (AvgIpc) is 2.51. The third-order valence-corrected chi connectivity index (χ3v) is 3.62. The molecule has 0 aliphatic carbocycles. The smallest absolute Gasteiger partial charge is 0.240 e. The predicted octanol–water partition coefficient (Wildman–Crippen LogP) is 6.26. The third kappa shape index (κ3) is 3.47. The number of rotatable bonds is 8. The maximum absolute atomic E-state index is 13.2. The van der Waals surface area contributed by atoms with E-state index < -0.39 is 59.6 Å². The first-order valence-electron chi connectivity index (χ1n) is 6.19. The number of hydrogen-bond donors (Lipinski definition) is 1. The summed E-state index contributed by atoms with van der Waals surface area (Å²) < 4.78 is 230. The molecular formula is C10H4F18S. The Hall–Kier alpha value is -0.910. The molecule has 0 N–H and O–H groups in total. The van der Waals surface area contributed by atoms with Gasteiger partial charge in [-0.2, -0.15) is 87.3 Å². The number of hydrogen-bond acceptors (Lipinski definition) is 1. The maximum atomic E-state index is 13.2. The van der Waals surface area contributed by atoms with E-state index in [1.807, 2.05) is 0 Å². The molecule has 0 radical (unpaired) electrons. The summed E-state index contributed by atoms with van der Waals surface area (Å²) in [6.07, 6.45) is -12.4. The predicted molar refractivity (Wildman–Crippen MR) is 59.4 cm³/mol. The van der Waals surface area contributed by atoms with Crippen LogP contribution in [-0.4, -0.2) is 59.6 Å². The fraction of sp³-hybridized carbons (Fsp3) is 1.00. The summed E-state index contributed by atoms with van der Waals surface area (Å²) in [5, 5.41) is 0.